The molecule has 178 valence electrons. The van der Waals surface area contributed by atoms with Gasteiger partial charge in [0.25, 0.3) is 5.56 Å². The van der Waals surface area contributed by atoms with Gasteiger partial charge in [-0.2, -0.15) is 0 Å². The van der Waals surface area contributed by atoms with E-state index in [1.807, 2.05) is 12.1 Å². The third-order valence-electron chi connectivity index (χ3n) is 5.84. The average molecular weight is 464 g/mol. The van der Waals surface area contributed by atoms with Crippen molar-refractivity contribution in [3.8, 4) is 17.0 Å². The van der Waals surface area contributed by atoms with Gasteiger partial charge >= 0.3 is 11.7 Å². The lowest BCUT2D eigenvalue weighted by atomic mass is 10.1. The number of H-pyrrole nitrogens is 2. The third-order valence-corrected chi connectivity index (χ3v) is 5.84. The van der Waals surface area contributed by atoms with E-state index in [1.165, 1.54) is 19.3 Å². The van der Waals surface area contributed by atoms with Gasteiger partial charge in [0.05, 0.1) is 11.4 Å². The predicted molar refractivity (Wildman–Crippen MR) is 133 cm³/mol. The number of urea groups is 1. The van der Waals surface area contributed by atoms with Crippen molar-refractivity contribution in [2.75, 3.05) is 36.9 Å². The second-order valence-corrected chi connectivity index (χ2v) is 8.31. The summed E-state index contributed by atoms with van der Waals surface area (Å²) >= 11 is 0. The molecular weight excluding hydrogens is 434 g/mol. The first kappa shape index (κ1) is 23.3. The van der Waals surface area contributed by atoms with Crippen molar-refractivity contribution in [3.05, 3.63) is 74.9 Å². The van der Waals surface area contributed by atoms with Crippen LogP contribution >= 0.6 is 0 Å². The molecular formula is C25H29N5O4. The zero-order valence-corrected chi connectivity index (χ0v) is 19.1. The first-order chi connectivity index (χ1) is 16.5. The van der Waals surface area contributed by atoms with Crippen LogP contribution in [0.3, 0.4) is 0 Å². The Hall–Kier alpha value is -3.85. The number of anilines is 2. The molecule has 1 aromatic heterocycles. The van der Waals surface area contributed by atoms with Crippen LogP contribution in [0, 0.1) is 6.92 Å². The van der Waals surface area contributed by atoms with Gasteiger partial charge in [-0.25, -0.2) is 9.59 Å². The highest BCUT2D eigenvalue weighted by atomic mass is 16.5. The summed E-state index contributed by atoms with van der Waals surface area (Å²) in [5.41, 5.74) is 1.20. The molecule has 1 aliphatic rings. The first-order valence-electron chi connectivity index (χ1n) is 11.5. The van der Waals surface area contributed by atoms with Crippen LogP contribution in [-0.2, 0) is 0 Å². The normalized spacial score (nSPS) is 13.9. The number of nitrogens with zero attached hydrogens (tertiary/aromatic N) is 1. The molecule has 0 saturated carbocycles. The van der Waals surface area contributed by atoms with Gasteiger partial charge in [0, 0.05) is 29.4 Å². The number of piperidine rings is 1. The molecule has 2 aromatic carbocycles. The minimum atomic E-state index is -0.609. The molecule has 1 saturated heterocycles. The quantitative estimate of drug-likeness (QED) is 0.427. The number of hydrogen-bond acceptors (Lipinski definition) is 5. The van der Waals surface area contributed by atoms with Gasteiger partial charge in [-0.1, -0.05) is 30.7 Å². The van der Waals surface area contributed by atoms with E-state index in [0.717, 1.165) is 19.6 Å². The molecule has 0 atom stereocenters. The summed E-state index contributed by atoms with van der Waals surface area (Å²) in [7, 11) is 0. The molecule has 4 N–H and O–H groups in total. The van der Waals surface area contributed by atoms with Crippen molar-refractivity contribution in [1.82, 2.24) is 14.9 Å². The van der Waals surface area contributed by atoms with E-state index < -0.39 is 17.3 Å². The number of carbonyl (C=O) groups excluding carboxylic acids is 1. The number of rotatable bonds is 7. The molecule has 1 aliphatic heterocycles. The lowest BCUT2D eigenvalue weighted by molar-refractivity contribution is 0.183. The van der Waals surface area contributed by atoms with Crippen LogP contribution < -0.4 is 26.6 Å². The van der Waals surface area contributed by atoms with E-state index in [0.29, 0.717) is 40.6 Å². The van der Waals surface area contributed by atoms with Crippen LogP contribution in [0.2, 0.25) is 0 Å². The van der Waals surface area contributed by atoms with Crippen molar-refractivity contribution < 1.29 is 9.53 Å². The number of carbonyl (C=O) groups is 1. The van der Waals surface area contributed by atoms with Gasteiger partial charge in [0.15, 0.2) is 0 Å². The predicted octanol–water partition coefficient (Wildman–Crippen LogP) is 3.55. The monoisotopic (exact) mass is 463 g/mol. The first-order valence-corrected chi connectivity index (χ1v) is 11.5. The number of hydrogen-bond donors (Lipinski definition) is 4. The zero-order chi connectivity index (χ0) is 23.9. The highest BCUT2D eigenvalue weighted by Crippen LogP contribution is 2.27. The van der Waals surface area contributed by atoms with Gasteiger partial charge in [-0.15, -0.1) is 0 Å². The molecule has 0 radical (unpaired) electrons. The van der Waals surface area contributed by atoms with Crippen LogP contribution in [0.25, 0.3) is 11.3 Å². The molecule has 4 rings (SSSR count). The maximum absolute atomic E-state index is 12.7. The molecule has 34 heavy (non-hydrogen) atoms. The Bertz CT molecular complexity index is 1260. The fourth-order valence-electron chi connectivity index (χ4n) is 4.05. The summed E-state index contributed by atoms with van der Waals surface area (Å²) < 4.78 is 5.88. The van der Waals surface area contributed by atoms with Crippen molar-refractivity contribution >= 4 is 17.4 Å². The molecule has 2 amide bonds. The largest absolute Gasteiger partial charge is 0.492 e. The van der Waals surface area contributed by atoms with Gasteiger partial charge in [-0.3, -0.25) is 14.7 Å². The lowest BCUT2D eigenvalue weighted by Crippen LogP contribution is -2.33. The Morgan fingerprint density at radius 2 is 1.79 bits per heavy atom. The minimum absolute atomic E-state index is 0.351. The topological polar surface area (TPSA) is 119 Å². The SMILES string of the molecule is Cc1c(-c2ccccc2NC(=O)Nc2cccc(OCCN3CCCCC3)c2)[nH]c(=O)[nH]c1=O. The lowest BCUT2D eigenvalue weighted by Gasteiger charge is -2.26. The summed E-state index contributed by atoms with van der Waals surface area (Å²) in [4.78, 5) is 43.8. The number of para-hydroxylation sites is 1. The van der Waals surface area contributed by atoms with E-state index in [-0.39, 0.29) is 0 Å². The average Bonchev–Trinajstić information content (AvgIpc) is 2.83. The third kappa shape index (κ3) is 5.93. The van der Waals surface area contributed by atoms with Gasteiger partial charge in [-0.05, 0) is 51.1 Å². The molecule has 0 spiro atoms. The highest BCUT2D eigenvalue weighted by Gasteiger charge is 2.14. The number of nitrogens with one attached hydrogen (secondary N) is 4. The van der Waals surface area contributed by atoms with Gasteiger partial charge in [0.1, 0.15) is 12.4 Å². The van der Waals surface area contributed by atoms with Crippen LogP contribution in [-0.4, -0.2) is 47.1 Å². The summed E-state index contributed by atoms with van der Waals surface area (Å²) in [6.07, 6.45) is 3.79. The zero-order valence-electron chi connectivity index (χ0n) is 19.1. The second-order valence-electron chi connectivity index (χ2n) is 8.31. The Balaban J connectivity index is 1.40. The summed E-state index contributed by atoms with van der Waals surface area (Å²) in [6.45, 7) is 5.34. The summed E-state index contributed by atoms with van der Waals surface area (Å²) in [6, 6.07) is 13.7. The number of benzene rings is 2. The number of aromatic nitrogens is 2. The van der Waals surface area contributed by atoms with E-state index in [4.69, 9.17) is 4.74 Å². The number of amides is 2. The number of aromatic amines is 2. The van der Waals surface area contributed by atoms with Crippen LogP contribution in [0.15, 0.2) is 58.1 Å². The Labute approximate surface area is 197 Å². The number of ether oxygens (including phenoxy) is 1. The van der Waals surface area contributed by atoms with E-state index >= 15 is 0 Å². The maximum Gasteiger partial charge on any atom is 0.326 e. The number of likely N-dealkylation sites (tertiary alicyclic amines) is 1. The van der Waals surface area contributed by atoms with Crippen LogP contribution in [0.5, 0.6) is 5.75 Å². The van der Waals surface area contributed by atoms with E-state index in [2.05, 4.69) is 25.5 Å². The van der Waals surface area contributed by atoms with E-state index in [1.54, 1.807) is 43.3 Å². The smallest absolute Gasteiger partial charge is 0.326 e. The molecule has 0 unspecified atom stereocenters. The Kier molecular flexibility index (Phi) is 7.44. The van der Waals surface area contributed by atoms with Gasteiger partial charge in [0.2, 0.25) is 0 Å². The molecule has 9 nitrogen and oxygen atoms in total. The standard InChI is InChI=1S/C25H29N5O4/c1-17-22(28-25(33)29-23(17)31)20-10-3-4-11-21(20)27-24(32)26-18-8-7-9-19(16-18)34-15-14-30-12-5-2-6-13-30/h3-4,7-11,16H,2,5-6,12-15H2,1H3,(H2,26,27,32)(H2,28,29,31,33). The van der Waals surface area contributed by atoms with Crippen molar-refractivity contribution in [1.29, 1.82) is 0 Å². The summed E-state index contributed by atoms with van der Waals surface area (Å²) in [5.74, 6) is 0.687. The molecule has 0 bridgehead atoms. The molecule has 0 aliphatic carbocycles. The Morgan fingerprint density at radius 3 is 2.62 bits per heavy atom. The fraction of sp³-hybridized carbons (Fsp3) is 0.320. The minimum Gasteiger partial charge on any atom is -0.492 e. The maximum atomic E-state index is 12.7. The van der Waals surface area contributed by atoms with Crippen molar-refractivity contribution in [2.24, 2.45) is 0 Å². The molecule has 9 heteroatoms. The van der Waals surface area contributed by atoms with Crippen molar-refractivity contribution in [2.45, 2.75) is 26.2 Å². The van der Waals surface area contributed by atoms with Crippen LogP contribution in [0.4, 0.5) is 16.2 Å². The van der Waals surface area contributed by atoms with Crippen molar-refractivity contribution in [3.63, 3.8) is 0 Å². The Morgan fingerprint density at radius 1 is 1.00 bits per heavy atom. The molecule has 2 heterocycles. The second kappa shape index (κ2) is 10.8. The highest BCUT2D eigenvalue weighted by molar-refractivity contribution is 6.02. The fourth-order valence-corrected chi connectivity index (χ4v) is 4.05. The molecule has 1 fully saturated rings. The van der Waals surface area contributed by atoms with Crippen LogP contribution in [0.1, 0.15) is 24.8 Å². The van der Waals surface area contributed by atoms with Gasteiger partial charge < -0.3 is 20.4 Å². The summed E-state index contributed by atoms with van der Waals surface area (Å²) in [5, 5.41) is 5.60. The van der Waals surface area contributed by atoms with E-state index in [9.17, 15) is 14.4 Å². The molecule has 3 aromatic rings.